The van der Waals surface area contributed by atoms with E-state index in [1.165, 1.54) is 6.07 Å². The van der Waals surface area contributed by atoms with Gasteiger partial charge in [-0.1, -0.05) is 13.8 Å². The lowest BCUT2D eigenvalue weighted by Gasteiger charge is -2.22. The third-order valence-corrected chi connectivity index (χ3v) is 3.94. The number of nitrogens with one attached hydrogen (secondary N) is 1. The van der Waals surface area contributed by atoms with Crippen LogP contribution in [0.2, 0.25) is 0 Å². The van der Waals surface area contributed by atoms with Gasteiger partial charge >= 0.3 is 6.18 Å². The smallest absolute Gasteiger partial charge is 0.384 e. The predicted octanol–water partition coefficient (Wildman–Crippen LogP) is 3.08. The lowest BCUT2D eigenvalue weighted by molar-refractivity contribution is -0.137. The Balaban J connectivity index is 2.41. The lowest BCUT2D eigenvalue weighted by Crippen LogP contribution is -2.25. The molecule has 0 amide bonds. The van der Waals surface area contributed by atoms with Crippen LogP contribution in [0.3, 0.4) is 0 Å². The van der Waals surface area contributed by atoms with E-state index in [4.69, 9.17) is 11.1 Å². The number of benzene rings is 1. The van der Waals surface area contributed by atoms with Gasteiger partial charge in [0, 0.05) is 24.3 Å². The van der Waals surface area contributed by atoms with E-state index in [2.05, 4.69) is 13.8 Å². The molecule has 2 unspecified atom stereocenters. The van der Waals surface area contributed by atoms with Gasteiger partial charge < -0.3 is 10.6 Å². The standard InChI is InChI=1S/C14H18F3N3/c1-8-6-20(7-9(8)2)12-4-3-10(14(15,16)17)5-11(12)13(18)19/h3-5,8-9H,6-7H2,1-2H3,(H3,18,19). The quantitative estimate of drug-likeness (QED) is 0.648. The zero-order chi connectivity index (χ0) is 15.1. The molecule has 0 bridgehead atoms. The van der Waals surface area contributed by atoms with E-state index in [9.17, 15) is 13.2 Å². The number of halogens is 3. The van der Waals surface area contributed by atoms with Crippen molar-refractivity contribution in [2.45, 2.75) is 20.0 Å². The molecule has 0 aliphatic carbocycles. The molecule has 3 N–H and O–H groups in total. The number of anilines is 1. The number of hydrogen-bond acceptors (Lipinski definition) is 2. The molecule has 1 aliphatic rings. The summed E-state index contributed by atoms with van der Waals surface area (Å²) in [6.07, 6.45) is -4.42. The van der Waals surface area contributed by atoms with Gasteiger partial charge in [0.2, 0.25) is 0 Å². The van der Waals surface area contributed by atoms with E-state index in [1.54, 1.807) is 0 Å². The van der Waals surface area contributed by atoms with Gasteiger partial charge in [0.25, 0.3) is 0 Å². The fourth-order valence-electron chi connectivity index (χ4n) is 2.53. The van der Waals surface area contributed by atoms with E-state index >= 15 is 0 Å². The van der Waals surface area contributed by atoms with Crippen molar-refractivity contribution in [1.29, 1.82) is 5.41 Å². The van der Waals surface area contributed by atoms with E-state index < -0.39 is 11.7 Å². The van der Waals surface area contributed by atoms with Crippen LogP contribution in [0.15, 0.2) is 18.2 Å². The van der Waals surface area contributed by atoms with Gasteiger partial charge in [-0.25, -0.2) is 0 Å². The molecule has 1 saturated heterocycles. The minimum atomic E-state index is -4.42. The zero-order valence-electron chi connectivity index (χ0n) is 11.5. The van der Waals surface area contributed by atoms with Gasteiger partial charge in [-0.2, -0.15) is 13.2 Å². The molecular weight excluding hydrogens is 267 g/mol. The maximum Gasteiger partial charge on any atom is 0.416 e. The molecule has 20 heavy (non-hydrogen) atoms. The molecule has 1 heterocycles. The van der Waals surface area contributed by atoms with Gasteiger partial charge in [0.1, 0.15) is 5.84 Å². The van der Waals surface area contributed by atoms with Crippen LogP contribution in [0.4, 0.5) is 18.9 Å². The molecule has 1 aliphatic heterocycles. The number of rotatable bonds is 2. The monoisotopic (exact) mass is 285 g/mol. The first kappa shape index (κ1) is 14.7. The molecule has 1 aromatic carbocycles. The number of amidine groups is 1. The maximum atomic E-state index is 12.7. The molecular formula is C14H18F3N3. The molecule has 2 rings (SSSR count). The summed E-state index contributed by atoms with van der Waals surface area (Å²) in [7, 11) is 0. The van der Waals surface area contributed by atoms with Crippen LogP contribution in [0, 0.1) is 17.2 Å². The zero-order valence-corrected chi connectivity index (χ0v) is 11.5. The Morgan fingerprint density at radius 3 is 2.25 bits per heavy atom. The van der Waals surface area contributed by atoms with Gasteiger partial charge in [-0.3, -0.25) is 5.41 Å². The second-order valence-corrected chi connectivity index (χ2v) is 5.50. The van der Waals surface area contributed by atoms with Gasteiger partial charge in [0.15, 0.2) is 0 Å². The topological polar surface area (TPSA) is 53.1 Å². The third kappa shape index (κ3) is 2.73. The fraction of sp³-hybridized carbons (Fsp3) is 0.500. The first-order valence-corrected chi connectivity index (χ1v) is 6.50. The van der Waals surface area contributed by atoms with Gasteiger partial charge in [-0.05, 0) is 30.0 Å². The third-order valence-electron chi connectivity index (χ3n) is 3.94. The van der Waals surface area contributed by atoms with Crippen LogP contribution in [-0.2, 0) is 6.18 Å². The van der Waals surface area contributed by atoms with Crippen molar-refractivity contribution in [2.75, 3.05) is 18.0 Å². The van der Waals surface area contributed by atoms with Crippen LogP contribution in [0.1, 0.15) is 25.0 Å². The van der Waals surface area contributed by atoms with Crippen LogP contribution in [-0.4, -0.2) is 18.9 Å². The van der Waals surface area contributed by atoms with Crippen molar-refractivity contribution >= 4 is 11.5 Å². The number of alkyl halides is 3. The highest BCUT2D eigenvalue weighted by molar-refractivity contribution is 6.00. The van der Waals surface area contributed by atoms with E-state index in [0.29, 0.717) is 17.5 Å². The van der Waals surface area contributed by atoms with Crippen molar-refractivity contribution in [3.8, 4) is 0 Å². The number of nitrogens with two attached hydrogens (primary N) is 1. The molecule has 0 aromatic heterocycles. The number of hydrogen-bond donors (Lipinski definition) is 2. The molecule has 6 heteroatoms. The Morgan fingerprint density at radius 1 is 1.25 bits per heavy atom. The molecule has 0 spiro atoms. The summed E-state index contributed by atoms with van der Waals surface area (Å²) in [4.78, 5) is 2.01. The molecule has 1 fully saturated rings. The second-order valence-electron chi connectivity index (χ2n) is 5.50. The van der Waals surface area contributed by atoms with Crippen LogP contribution in [0.25, 0.3) is 0 Å². The van der Waals surface area contributed by atoms with E-state index in [-0.39, 0.29) is 11.4 Å². The summed E-state index contributed by atoms with van der Waals surface area (Å²) in [6.45, 7) is 5.77. The van der Waals surface area contributed by atoms with E-state index in [0.717, 1.165) is 25.2 Å². The minimum Gasteiger partial charge on any atom is -0.384 e. The Hall–Kier alpha value is -1.72. The first-order chi connectivity index (χ1) is 9.20. The highest BCUT2D eigenvalue weighted by atomic mass is 19.4. The summed E-state index contributed by atoms with van der Waals surface area (Å²) in [6, 6.07) is 3.44. The normalized spacial score (nSPS) is 23.1. The molecule has 1 aromatic rings. The summed E-state index contributed by atoms with van der Waals surface area (Å²) in [5, 5.41) is 7.53. The second kappa shape index (κ2) is 5.00. The van der Waals surface area contributed by atoms with Crippen molar-refractivity contribution in [3.63, 3.8) is 0 Å². The Kier molecular flexibility index (Phi) is 3.67. The van der Waals surface area contributed by atoms with Crippen LogP contribution < -0.4 is 10.6 Å². The highest BCUT2D eigenvalue weighted by Gasteiger charge is 2.33. The molecule has 0 saturated carbocycles. The lowest BCUT2D eigenvalue weighted by atomic mass is 10.0. The number of nitrogen functional groups attached to an aromatic ring is 1. The van der Waals surface area contributed by atoms with Crippen LogP contribution >= 0.6 is 0 Å². The van der Waals surface area contributed by atoms with Crippen molar-refractivity contribution in [3.05, 3.63) is 29.3 Å². The largest absolute Gasteiger partial charge is 0.416 e. The van der Waals surface area contributed by atoms with Crippen LogP contribution in [0.5, 0.6) is 0 Å². The van der Waals surface area contributed by atoms with Crippen molar-refractivity contribution < 1.29 is 13.2 Å². The maximum absolute atomic E-state index is 12.7. The summed E-state index contributed by atoms with van der Waals surface area (Å²) >= 11 is 0. The average molecular weight is 285 g/mol. The predicted molar refractivity (Wildman–Crippen MR) is 73.0 cm³/mol. The Morgan fingerprint density at radius 2 is 1.80 bits per heavy atom. The fourth-order valence-corrected chi connectivity index (χ4v) is 2.53. The summed E-state index contributed by atoms with van der Waals surface area (Å²) in [5.74, 6) is 0.604. The molecule has 2 atom stereocenters. The summed E-state index contributed by atoms with van der Waals surface area (Å²) < 4.78 is 38.2. The average Bonchev–Trinajstić information content (AvgIpc) is 2.67. The minimum absolute atomic E-state index is 0.154. The molecule has 3 nitrogen and oxygen atoms in total. The summed E-state index contributed by atoms with van der Waals surface area (Å²) in [5.41, 5.74) is 5.45. The molecule has 110 valence electrons. The van der Waals surface area contributed by atoms with Crippen molar-refractivity contribution in [2.24, 2.45) is 17.6 Å². The van der Waals surface area contributed by atoms with E-state index in [1.807, 2.05) is 4.90 Å². The Labute approximate surface area is 116 Å². The highest BCUT2D eigenvalue weighted by Crippen LogP contribution is 2.35. The SMILES string of the molecule is CC1CN(c2ccc(C(F)(F)F)cc2C(=N)N)CC1C. The Bertz CT molecular complexity index is 515. The van der Waals surface area contributed by atoms with Gasteiger partial charge in [0.05, 0.1) is 5.56 Å². The van der Waals surface area contributed by atoms with Crippen molar-refractivity contribution in [1.82, 2.24) is 0 Å². The first-order valence-electron chi connectivity index (χ1n) is 6.50. The number of nitrogens with zero attached hydrogens (tertiary/aromatic N) is 1. The van der Waals surface area contributed by atoms with Gasteiger partial charge in [-0.15, -0.1) is 0 Å². The molecule has 0 radical (unpaired) electrons.